The molecule has 164 valence electrons. The molecular formula is C23H22ClN5O3. The normalized spacial score (nSPS) is 17.8. The summed E-state index contributed by atoms with van der Waals surface area (Å²) < 4.78 is 1.59. The Balaban J connectivity index is 1.56. The van der Waals surface area contributed by atoms with Gasteiger partial charge in [0, 0.05) is 5.69 Å². The molecule has 0 aliphatic carbocycles. The maximum absolute atomic E-state index is 13.0. The van der Waals surface area contributed by atoms with E-state index in [0.717, 1.165) is 11.1 Å². The van der Waals surface area contributed by atoms with Gasteiger partial charge in [-0.1, -0.05) is 53.6 Å². The number of nitrogens with one attached hydrogen (secondary N) is 3. The molecule has 0 saturated carbocycles. The summed E-state index contributed by atoms with van der Waals surface area (Å²) in [5, 5.41) is 12.3. The molecule has 0 radical (unpaired) electrons. The maximum Gasteiger partial charge on any atom is 0.322 e. The van der Waals surface area contributed by atoms with Gasteiger partial charge in [-0.15, -0.1) is 0 Å². The van der Waals surface area contributed by atoms with Crippen LogP contribution in [-0.4, -0.2) is 27.6 Å². The maximum atomic E-state index is 13.0. The monoisotopic (exact) mass is 451 g/mol. The molecule has 1 atom stereocenters. The number of imide groups is 1. The number of hydrogen-bond donors (Lipinski definition) is 3. The number of aryl methyl sites for hydroxylation is 2. The van der Waals surface area contributed by atoms with Crippen LogP contribution >= 0.6 is 11.6 Å². The Morgan fingerprint density at radius 3 is 2.53 bits per heavy atom. The molecule has 32 heavy (non-hydrogen) atoms. The highest BCUT2D eigenvalue weighted by molar-refractivity contribution is 6.33. The quantitative estimate of drug-likeness (QED) is 0.516. The summed E-state index contributed by atoms with van der Waals surface area (Å²) in [6.45, 7) is 5.78. The van der Waals surface area contributed by atoms with E-state index >= 15 is 0 Å². The van der Waals surface area contributed by atoms with E-state index in [0.29, 0.717) is 23.5 Å². The molecule has 2 aromatic carbocycles. The van der Waals surface area contributed by atoms with Crippen molar-refractivity contribution in [3.8, 4) is 0 Å². The van der Waals surface area contributed by atoms with Crippen molar-refractivity contribution in [1.29, 1.82) is 0 Å². The van der Waals surface area contributed by atoms with Gasteiger partial charge < -0.3 is 10.6 Å². The summed E-state index contributed by atoms with van der Waals surface area (Å²) in [5.41, 5.74) is 2.74. The third-order valence-corrected chi connectivity index (χ3v) is 5.87. The third-order valence-electron chi connectivity index (χ3n) is 5.49. The Kier molecular flexibility index (Phi) is 5.48. The Labute approximate surface area is 190 Å². The van der Waals surface area contributed by atoms with E-state index in [1.807, 2.05) is 31.2 Å². The highest BCUT2D eigenvalue weighted by Crippen LogP contribution is 2.28. The Morgan fingerprint density at radius 1 is 1.16 bits per heavy atom. The number of nitrogens with zero attached hydrogens (tertiary/aromatic N) is 2. The molecular weight excluding hydrogens is 430 g/mol. The number of carbonyl (C=O) groups excluding carboxylic acids is 3. The number of hydrogen-bond acceptors (Lipinski definition) is 4. The minimum atomic E-state index is -1.22. The highest BCUT2D eigenvalue weighted by Gasteiger charge is 2.43. The van der Waals surface area contributed by atoms with Gasteiger partial charge in [-0.05, 0) is 44.0 Å². The summed E-state index contributed by atoms with van der Waals surface area (Å²) in [6, 6.07) is 14.2. The molecule has 2 heterocycles. The molecule has 3 N–H and O–H groups in total. The molecule has 1 fully saturated rings. The average Bonchev–Trinajstić information content (AvgIpc) is 3.17. The molecule has 1 aromatic heterocycles. The van der Waals surface area contributed by atoms with E-state index in [9.17, 15) is 14.4 Å². The zero-order chi connectivity index (χ0) is 23.0. The number of amides is 4. The van der Waals surface area contributed by atoms with Crippen molar-refractivity contribution in [3.05, 3.63) is 81.6 Å². The molecule has 1 unspecified atom stereocenters. The predicted octanol–water partition coefficient (Wildman–Crippen LogP) is 3.51. The van der Waals surface area contributed by atoms with Crippen LogP contribution in [0.5, 0.6) is 0 Å². The minimum Gasteiger partial charge on any atom is -0.322 e. The number of urea groups is 1. The molecule has 3 aromatic rings. The van der Waals surface area contributed by atoms with Gasteiger partial charge >= 0.3 is 6.03 Å². The third kappa shape index (κ3) is 3.97. The first-order chi connectivity index (χ1) is 15.2. The predicted molar refractivity (Wildman–Crippen MR) is 121 cm³/mol. The molecule has 8 nitrogen and oxygen atoms in total. The van der Waals surface area contributed by atoms with E-state index in [4.69, 9.17) is 11.6 Å². The van der Waals surface area contributed by atoms with E-state index in [2.05, 4.69) is 21.0 Å². The van der Waals surface area contributed by atoms with Crippen LogP contribution in [0.1, 0.15) is 39.7 Å². The van der Waals surface area contributed by atoms with Gasteiger partial charge in [0.2, 0.25) is 0 Å². The van der Waals surface area contributed by atoms with Gasteiger partial charge in [-0.25, -0.2) is 9.48 Å². The number of rotatable bonds is 5. The van der Waals surface area contributed by atoms with Crippen LogP contribution in [0.15, 0.2) is 48.5 Å². The first kappa shape index (κ1) is 21.6. The number of aromatic nitrogens is 2. The summed E-state index contributed by atoms with van der Waals surface area (Å²) in [7, 11) is 0. The van der Waals surface area contributed by atoms with Crippen molar-refractivity contribution < 1.29 is 14.4 Å². The number of carbonyl (C=O) groups is 3. The molecule has 4 rings (SSSR count). The number of halogens is 1. The van der Waals surface area contributed by atoms with Crippen molar-refractivity contribution in [3.63, 3.8) is 0 Å². The van der Waals surface area contributed by atoms with E-state index in [1.54, 1.807) is 42.8 Å². The second-order valence-electron chi connectivity index (χ2n) is 7.96. The van der Waals surface area contributed by atoms with Crippen LogP contribution in [-0.2, 0) is 16.9 Å². The van der Waals surface area contributed by atoms with Crippen LogP contribution in [0.2, 0.25) is 5.15 Å². The van der Waals surface area contributed by atoms with Crippen LogP contribution in [0, 0.1) is 13.8 Å². The molecule has 0 spiro atoms. The van der Waals surface area contributed by atoms with Crippen LogP contribution in [0.25, 0.3) is 0 Å². The van der Waals surface area contributed by atoms with Gasteiger partial charge in [-0.2, -0.15) is 5.10 Å². The molecule has 1 aliphatic heterocycles. The standard InChI is InChI=1S/C23H22ClN5O3/c1-13-7-9-15(10-8-13)12-29-19(24)18(14(2)28-29)20(30)25-17-6-4-5-16(11-17)23(3)21(31)26-22(32)27-23/h4-11H,12H2,1-3H3,(H,25,30)(H2,26,27,31,32). The average molecular weight is 452 g/mol. The first-order valence-corrected chi connectivity index (χ1v) is 10.4. The van der Waals surface area contributed by atoms with Gasteiger partial charge in [0.1, 0.15) is 10.7 Å². The lowest BCUT2D eigenvalue weighted by Crippen LogP contribution is -2.40. The lowest BCUT2D eigenvalue weighted by Gasteiger charge is -2.21. The molecule has 4 amide bonds. The fourth-order valence-electron chi connectivity index (χ4n) is 3.63. The van der Waals surface area contributed by atoms with E-state index in [1.165, 1.54) is 0 Å². The Hall–Kier alpha value is -3.65. The smallest absolute Gasteiger partial charge is 0.322 e. The van der Waals surface area contributed by atoms with Crippen LogP contribution in [0.3, 0.4) is 0 Å². The van der Waals surface area contributed by atoms with E-state index < -0.39 is 23.4 Å². The second-order valence-corrected chi connectivity index (χ2v) is 8.32. The van der Waals surface area contributed by atoms with Gasteiger partial charge in [0.05, 0.1) is 17.8 Å². The summed E-state index contributed by atoms with van der Waals surface area (Å²) in [5.74, 6) is -0.868. The summed E-state index contributed by atoms with van der Waals surface area (Å²) in [6.07, 6.45) is 0. The first-order valence-electron chi connectivity index (χ1n) is 10.0. The van der Waals surface area contributed by atoms with Crippen molar-refractivity contribution in [2.75, 3.05) is 5.32 Å². The van der Waals surface area contributed by atoms with Gasteiger partial charge in [0.25, 0.3) is 11.8 Å². The lowest BCUT2D eigenvalue weighted by atomic mass is 9.92. The number of anilines is 1. The van der Waals surface area contributed by atoms with Crippen LogP contribution < -0.4 is 16.0 Å². The fourth-order valence-corrected chi connectivity index (χ4v) is 3.95. The van der Waals surface area contributed by atoms with Gasteiger partial charge in [0.15, 0.2) is 0 Å². The van der Waals surface area contributed by atoms with Crippen molar-refractivity contribution in [2.45, 2.75) is 32.9 Å². The zero-order valence-corrected chi connectivity index (χ0v) is 18.6. The Morgan fingerprint density at radius 2 is 1.88 bits per heavy atom. The molecule has 9 heteroatoms. The fraction of sp³-hybridized carbons (Fsp3) is 0.217. The van der Waals surface area contributed by atoms with Gasteiger partial charge in [-0.3, -0.25) is 14.9 Å². The molecule has 1 aliphatic rings. The molecule has 1 saturated heterocycles. The number of benzene rings is 2. The Bertz CT molecular complexity index is 1230. The van der Waals surface area contributed by atoms with Crippen molar-refractivity contribution in [1.82, 2.24) is 20.4 Å². The van der Waals surface area contributed by atoms with Crippen molar-refractivity contribution in [2.24, 2.45) is 0 Å². The summed E-state index contributed by atoms with van der Waals surface area (Å²) >= 11 is 6.50. The lowest BCUT2D eigenvalue weighted by molar-refractivity contribution is -0.123. The van der Waals surface area contributed by atoms with Crippen molar-refractivity contribution >= 4 is 35.1 Å². The second kappa shape index (κ2) is 8.12. The highest BCUT2D eigenvalue weighted by atomic mass is 35.5. The topological polar surface area (TPSA) is 105 Å². The SMILES string of the molecule is Cc1ccc(Cn2nc(C)c(C(=O)Nc3cccc(C4(C)NC(=O)NC4=O)c3)c2Cl)cc1. The van der Waals surface area contributed by atoms with Crippen LogP contribution in [0.4, 0.5) is 10.5 Å². The minimum absolute atomic E-state index is 0.242. The molecule has 0 bridgehead atoms. The van der Waals surface area contributed by atoms with E-state index in [-0.39, 0.29) is 10.7 Å². The summed E-state index contributed by atoms with van der Waals surface area (Å²) in [4.78, 5) is 36.8. The zero-order valence-electron chi connectivity index (χ0n) is 17.8. The largest absolute Gasteiger partial charge is 0.322 e.